The van der Waals surface area contributed by atoms with E-state index >= 15 is 0 Å². The lowest BCUT2D eigenvalue weighted by Crippen LogP contribution is -2.35. The van der Waals surface area contributed by atoms with Crippen LogP contribution in [0.2, 0.25) is 0 Å². The third-order valence-corrected chi connectivity index (χ3v) is 5.98. The summed E-state index contributed by atoms with van der Waals surface area (Å²) in [7, 11) is -3.46. The Kier molecular flexibility index (Phi) is 5.65. The van der Waals surface area contributed by atoms with Crippen LogP contribution in [0.4, 0.5) is 0 Å². The molecular formula is C21H23NO4S. The summed E-state index contributed by atoms with van der Waals surface area (Å²) in [6.45, 7) is 3.63. The topological polar surface area (TPSA) is 76.4 Å². The minimum absolute atomic E-state index is 0.0128. The number of amides is 1. The molecule has 142 valence electrons. The third kappa shape index (κ3) is 4.98. The Morgan fingerprint density at radius 1 is 1.04 bits per heavy atom. The molecule has 1 aromatic heterocycles. The number of furan rings is 1. The van der Waals surface area contributed by atoms with Crippen molar-refractivity contribution in [2.45, 2.75) is 19.9 Å². The van der Waals surface area contributed by atoms with E-state index in [-0.39, 0.29) is 11.7 Å². The predicted octanol–water partition coefficient (Wildman–Crippen LogP) is 3.71. The average molecular weight is 385 g/mol. The predicted molar refractivity (Wildman–Crippen MR) is 106 cm³/mol. The Hall–Kier alpha value is -2.60. The number of carbonyl (C=O) groups excluding carboxylic acids is 1. The van der Waals surface area contributed by atoms with Gasteiger partial charge in [0.05, 0.1) is 5.75 Å². The Labute approximate surface area is 159 Å². The summed E-state index contributed by atoms with van der Waals surface area (Å²) in [6, 6.07) is 18.3. The first-order valence-electron chi connectivity index (χ1n) is 8.87. The summed E-state index contributed by atoms with van der Waals surface area (Å²) in [6.07, 6.45) is 0. The molecule has 0 spiro atoms. The van der Waals surface area contributed by atoms with Gasteiger partial charge in [-0.2, -0.15) is 0 Å². The summed E-state index contributed by atoms with van der Waals surface area (Å²) < 4.78 is 30.2. The number of nitrogens with one attached hydrogen (secondary N) is 1. The standard InChI is InChI=1S/C21H23NO4S/c1-15(2)13-27(24,25)14-20(23)22-21(16-8-4-3-5-9-16)19-12-17-10-6-7-11-18(17)26-19/h3-12,15,21H,13-14H2,1-2H3,(H,22,23). The van der Waals surface area contributed by atoms with Gasteiger partial charge in [0.1, 0.15) is 23.1 Å². The van der Waals surface area contributed by atoms with E-state index in [1.807, 2.05) is 74.5 Å². The molecule has 3 aromatic rings. The fourth-order valence-corrected chi connectivity index (χ4v) is 4.69. The third-order valence-electron chi connectivity index (χ3n) is 4.11. The number of sulfone groups is 1. The fourth-order valence-electron chi connectivity index (χ4n) is 3.08. The van der Waals surface area contributed by atoms with Crippen LogP contribution in [0.1, 0.15) is 31.2 Å². The number of fused-ring (bicyclic) bond motifs is 1. The van der Waals surface area contributed by atoms with Crippen molar-refractivity contribution in [1.82, 2.24) is 5.32 Å². The minimum Gasteiger partial charge on any atom is -0.459 e. The van der Waals surface area contributed by atoms with Crippen molar-refractivity contribution in [3.63, 3.8) is 0 Å². The molecule has 2 aromatic carbocycles. The van der Waals surface area contributed by atoms with Crippen LogP contribution in [0.3, 0.4) is 0 Å². The highest BCUT2D eigenvalue weighted by Crippen LogP contribution is 2.28. The fraction of sp³-hybridized carbons (Fsp3) is 0.286. The number of hydrogen-bond donors (Lipinski definition) is 1. The van der Waals surface area contributed by atoms with Crippen molar-refractivity contribution in [3.05, 3.63) is 72.0 Å². The molecule has 6 heteroatoms. The summed E-state index contributed by atoms with van der Waals surface area (Å²) in [5.74, 6) is -0.541. The normalized spacial score (nSPS) is 13.0. The average Bonchev–Trinajstić information content (AvgIpc) is 3.02. The maximum Gasteiger partial charge on any atom is 0.236 e. The van der Waals surface area contributed by atoms with E-state index in [9.17, 15) is 13.2 Å². The first-order chi connectivity index (χ1) is 12.8. The molecule has 1 heterocycles. The second-order valence-corrected chi connectivity index (χ2v) is 9.16. The van der Waals surface area contributed by atoms with Crippen LogP contribution in [-0.2, 0) is 14.6 Å². The van der Waals surface area contributed by atoms with Gasteiger partial charge in [0.2, 0.25) is 5.91 Å². The van der Waals surface area contributed by atoms with Gasteiger partial charge in [-0.05, 0) is 23.6 Å². The maximum atomic E-state index is 12.5. The number of carbonyl (C=O) groups is 1. The zero-order valence-corrected chi connectivity index (χ0v) is 16.2. The molecule has 27 heavy (non-hydrogen) atoms. The Morgan fingerprint density at radius 3 is 2.37 bits per heavy atom. The Balaban J connectivity index is 1.88. The van der Waals surface area contributed by atoms with Crippen molar-refractivity contribution in [2.75, 3.05) is 11.5 Å². The van der Waals surface area contributed by atoms with Gasteiger partial charge >= 0.3 is 0 Å². The molecule has 0 bridgehead atoms. The van der Waals surface area contributed by atoms with E-state index in [0.717, 1.165) is 16.5 Å². The Morgan fingerprint density at radius 2 is 1.70 bits per heavy atom. The van der Waals surface area contributed by atoms with Gasteiger partial charge in [0.25, 0.3) is 0 Å². The quantitative estimate of drug-likeness (QED) is 0.673. The van der Waals surface area contributed by atoms with Crippen molar-refractivity contribution in [3.8, 4) is 0 Å². The molecular weight excluding hydrogens is 362 g/mol. The summed E-state index contributed by atoms with van der Waals surface area (Å²) in [4.78, 5) is 12.5. The van der Waals surface area contributed by atoms with Crippen molar-refractivity contribution in [2.24, 2.45) is 5.92 Å². The van der Waals surface area contributed by atoms with Gasteiger partial charge in [-0.3, -0.25) is 4.79 Å². The van der Waals surface area contributed by atoms with Crippen LogP contribution in [0.5, 0.6) is 0 Å². The second kappa shape index (κ2) is 7.96. The molecule has 3 rings (SSSR count). The molecule has 1 N–H and O–H groups in total. The van der Waals surface area contributed by atoms with Gasteiger partial charge in [0.15, 0.2) is 9.84 Å². The van der Waals surface area contributed by atoms with Gasteiger partial charge in [-0.15, -0.1) is 0 Å². The van der Waals surface area contributed by atoms with Crippen LogP contribution in [-0.4, -0.2) is 25.8 Å². The number of benzene rings is 2. The van der Waals surface area contributed by atoms with Gasteiger partial charge in [-0.1, -0.05) is 62.4 Å². The van der Waals surface area contributed by atoms with E-state index < -0.39 is 27.5 Å². The highest BCUT2D eigenvalue weighted by atomic mass is 32.2. The molecule has 0 saturated heterocycles. The van der Waals surface area contributed by atoms with Crippen LogP contribution in [0, 0.1) is 5.92 Å². The first-order valence-corrected chi connectivity index (χ1v) is 10.7. The van der Waals surface area contributed by atoms with Crippen molar-refractivity contribution >= 4 is 26.7 Å². The molecule has 0 aliphatic carbocycles. The molecule has 0 radical (unpaired) electrons. The van der Waals surface area contributed by atoms with Crippen LogP contribution < -0.4 is 5.32 Å². The molecule has 5 nitrogen and oxygen atoms in total. The first kappa shape index (κ1) is 19.2. The molecule has 0 aliphatic rings. The van der Waals surface area contributed by atoms with Crippen molar-refractivity contribution in [1.29, 1.82) is 0 Å². The second-order valence-electron chi connectivity index (χ2n) is 7.05. The highest BCUT2D eigenvalue weighted by Gasteiger charge is 2.24. The monoisotopic (exact) mass is 385 g/mol. The lowest BCUT2D eigenvalue weighted by atomic mass is 10.0. The summed E-state index contributed by atoms with van der Waals surface area (Å²) >= 11 is 0. The molecule has 1 amide bonds. The zero-order valence-electron chi connectivity index (χ0n) is 15.4. The Bertz CT molecular complexity index is 990. The van der Waals surface area contributed by atoms with Crippen LogP contribution >= 0.6 is 0 Å². The lowest BCUT2D eigenvalue weighted by Gasteiger charge is -2.17. The van der Waals surface area contributed by atoms with E-state index in [2.05, 4.69) is 5.32 Å². The van der Waals surface area contributed by atoms with E-state index in [1.165, 1.54) is 0 Å². The number of rotatable bonds is 7. The van der Waals surface area contributed by atoms with E-state index in [4.69, 9.17) is 4.42 Å². The van der Waals surface area contributed by atoms with E-state index in [0.29, 0.717) is 5.76 Å². The number of hydrogen-bond acceptors (Lipinski definition) is 4. The summed E-state index contributed by atoms with van der Waals surface area (Å²) in [5, 5.41) is 3.75. The van der Waals surface area contributed by atoms with Gasteiger partial charge in [0, 0.05) is 5.39 Å². The largest absolute Gasteiger partial charge is 0.459 e. The van der Waals surface area contributed by atoms with Gasteiger partial charge < -0.3 is 9.73 Å². The van der Waals surface area contributed by atoms with Crippen LogP contribution in [0.15, 0.2) is 65.1 Å². The SMILES string of the molecule is CC(C)CS(=O)(=O)CC(=O)NC(c1ccccc1)c1cc2ccccc2o1. The van der Waals surface area contributed by atoms with Crippen molar-refractivity contribution < 1.29 is 17.6 Å². The zero-order chi connectivity index (χ0) is 19.4. The molecule has 1 atom stereocenters. The molecule has 1 unspecified atom stereocenters. The van der Waals surface area contributed by atoms with E-state index in [1.54, 1.807) is 0 Å². The smallest absolute Gasteiger partial charge is 0.236 e. The number of para-hydroxylation sites is 1. The molecule has 0 aliphatic heterocycles. The summed E-state index contributed by atoms with van der Waals surface area (Å²) in [5.41, 5.74) is 1.54. The highest BCUT2D eigenvalue weighted by molar-refractivity contribution is 7.92. The molecule has 0 fully saturated rings. The molecule has 0 saturated carbocycles. The minimum atomic E-state index is -3.46. The van der Waals surface area contributed by atoms with Gasteiger partial charge in [-0.25, -0.2) is 8.42 Å². The maximum absolute atomic E-state index is 12.5. The lowest BCUT2D eigenvalue weighted by molar-refractivity contribution is -0.119. The van der Waals surface area contributed by atoms with Crippen LogP contribution in [0.25, 0.3) is 11.0 Å².